The molecule has 1 N–H and O–H groups in total. The Bertz CT molecular complexity index is 1470. The van der Waals surface area contributed by atoms with Crippen LogP contribution in [-0.4, -0.2) is 44.6 Å². The van der Waals surface area contributed by atoms with Gasteiger partial charge in [-0.1, -0.05) is 35.9 Å². The largest absolute Gasteiger partial charge is 0.497 e. The van der Waals surface area contributed by atoms with Gasteiger partial charge in [0.05, 0.1) is 36.8 Å². The molecule has 0 unspecified atom stereocenters. The number of ether oxygens (including phenoxy) is 2. The second-order valence-electron chi connectivity index (χ2n) is 8.24. The quantitative estimate of drug-likeness (QED) is 0.342. The van der Waals surface area contributed by atoms with Gasteiger partial charge in [0, 0.05) is 25.0 Å². The van der Waals surface area contributed by atoms with E-state index in [0.29, 0.717) is 5.75 Å². The lowest BCUT2D eigenvalue weighted by molar-refractivity contribution is -0.119. The van der Waals surface area contributed by atoms with Crippen LogP contribution in [0.25, 0.3) is 5.69 Å². The Balaban J connectivity index is 1.65. The lowest BCUT2D eigenvalue weighted by atomic mass is 10.1. The Kier molecular flexibility index (Phi) is 7.78. The number of amides is 1. The average molecular weight is 521 g/mol. The number of hydrogen-bond acceptors (Lipinski definition) is 6. The minimum Gasteiger partial charge on any atom is -0.497 e. The second kappa shape index (κ2) is 11.2. The summed E-state index contributed by atoms with van der Waals surface area (Å²) in [5.74, 6) is 0.227. The number of sulfonamides is 1. The van der Waals surface area contributed by atoms with Crippen molar-refractivity contribution in [2.75, 3.05) is 25.1 Å². The highest BCUT2D eigenvalue weighted by Crippen LogP contribution is 2.35. The van der Waals surface area contributed by atoms with Crippen LogP contribution in [0.1, 0.15) is 11.1 Å². The van der Waals surface area contributed by atoms with Crippen molar-refractivity contribution in [2.24, 2.45) is 0 Å². The smallest absolute Gasteiger partial charge is 0.264 e. The van der Waals surface area contributed by atoms with Crippen molar-refractivity contribution in [1.29, 1.82) is 0 Å². The number of aromatic nitrogens is 2. The number of imidazole rings is 1. The number of methoxy groups -OCH3 is 2. The van der Waals surface area contributed by atoms with Crippen molar-refractivity contribution in [1.82, 2.24) is 14.9 Å². The number of rotatable bonds is 10. The summed E-state index contributed by atoms with van der Waals surface area (Å²) in [7, 11) is -1.20. The second-order valence-corrected chi connectivity index (χ2v) is 10.1. The number of para-hydroxylation sites is 1. The SMILES string of the molecule is COc1ccc(OC)c(N(CC(=O)NCc2ccccc2-n2ccnc2)S(=O)(=O)c2ccc(C)cc2)c1. The van der Waals surface area contributed by atoms with Crippen LogP contribution in [0.3, 0.4) is 0 Å². The van der Waals surface area contributed by atoms with Gasteiger partial charge in [-0.15, -0.1) is 0 Å². The van der Waals surface area contributed by atoms with E-state index in [-0.39, 0.29) is 22.9 Å². The molecule has 4 rings (SSSR count). The van der Waals surface area contributed by atoms with Crippen LogP contribution in [0.15, 0.2) is 90.3 Å². The highest BCUT2D eigenvalue weighted by molar-refractivity contribution is 7.92. The van der Waals surface area contributed by atoms with Crippen LogP contribution in [0, 0.1) is 6.92 Å². The van der Waals surface area contributed by atoms with Crippen LogP contribution < -0.4 is 19.1 Å². The first-order valence-electron chi connectivity index (χ1n) is 11.5. The molecule has 9 nitrogen and oxygen atoms in total. The third-order valence-electron chi connectivity index (χ3n) is 5.80. The van der Waals surface area contributed by atoms with Gasteiger partial charge in [0.2, 0.25) is 5.91 Å². The summed E-state index contributed by atoms with van der Waals surface area (Å²) < 4.78 is 41.2. The molecule has 0 radical (unpaired) electrons. The van der Waals surface area contributed by atoms with Crippen molar-refractivity contribution < 1.29 is 22.7 Å². The molecule has 0 saturated heterocycles. The standard InChI is InChI=1S/C27H28N4O5S/c1-20-8-11-23(12-9-20)37(33,34)31(25-16-22(35-2)10-13-26(25)36-3)18-27(32)29-17-21-6-4-5-7-24(21)30-15-14-28-19-30/h4-16,19H,17-18H2,1-3H3,(H,29,32). The Morgan fingerprint density at radius 1 is 1.03 bits per heavy atom. The molecule has 1 amide bonds. The number of anilines is 1. The summed E-state index contributed by atoms with van der Waals surface area (Å²) >= 11 is 0. The first kappa shape index (κ1) is 25.8. The number of hydrogen-bond donors (Lipinski definition) is 1. The predicted molar refractivity (Wildman–Crippen MR) is 141 cm³/mol. The normalized spacial score (nSPS) is 11.1. The van der Waals surface area contributed by atoms with Crippen molar-refractivity contribution in [2.45, 2.75) is 18.4 Å². The molecular weight excluding hydrogens is 492 g/mol. The van der Waals surface area contributed by atoms with E-state index in [2.05, 4.69) is 10.3 Å². The summed E-state index contributed by atoms with van der Waals surface area (Å²) in [6.45, 7) is 1.60. The highest BCUT2D eigenvalue weighted by Gasteiger charge is 2.30. The Labute approximate surface area is 216 Å². The fourth-order valence-electron chi connectivity index (χ4n) is 3.82. The number of carbonyl (C=O) groups excluding carboxylic acids is 1. The minimum absolute atomic E-state index is 0.0567. The molecule has 0 aliphatic rings. The van der Waals surface area contributed by atoms with E-state index in [9.17, 15) is 13.2 Å². The van der Waals surface area contributed by atoms with Crippen LogP contribution in [-0.2, 0) is 21.4 Å². The molecular formula is C27H28N4O5S. The third kappa shape index (κ3) is 5.75. The number of benzene rings is 3. The molecule has 0 aliphatic heterocycles. The first-order valence-corrected chi connectivity index (χ1v) is 12.9. The van der Waals surface area contributed by atoms with Gasteiger partial charge in [-0.05, 0) is 42.8 Å². The molecule has 0 fully saturated rings. The van der Waals surface area contributed by atoms with Crippen LogP contribution in [0.4, 0.5) is 5.69 Å². The third-order valence-corrected chi connectivity index (χ3v) is 7.58. The van der Waals surface area contributed by atoms with E-state index in [1.54, 1.807) is 36.8 Å². The van der Waals surface area contributed by atoms with E-state index in [1.165, 1.54) is 32.4 Å². The van der Waals surface area contributed by atoms with Gasteiger partial charge in [-0.25, -0.2) is 13.4 Å². The molecule has 3 aromatic carbocycles. The van der Waals surface area contributed by atoms with Crippen molar-refractivity contribution in [3.8, 4) is 17.2 Å². The minimum atomic E-state index is -4.13. The maximum absolute atomic E-state index is 13.8. The maximum Gasteiger partial charge on any atom is 0.264 e. The number of aryl methyl sites for hydroxylation is 1. The van der Waals surface area contributed by atoms with E-state index in [1.807, 2.05) is 42.0 Å². The summed E-state index contributed by atoms with van der Waals surface area (Å²) in [6, 6.07) is 18.8. The van der Waals surface area contributed by atoms with Gasteiger partial charge >= 0.3 is 0 Å². The molecule has 1 heterocycles. The zero-order chi connectivity index (χ0) is 26.4. The van der Waals surface area contributed by atoms with E-state index in [4.69, 9.17) is 9.47 Å². The topological polar surface area (TPSA) is 103 Å². The van der Waals surface area contributed by atoms with Crippen LogP contribution in [0.5, 0.6) is 11.5 Å². The van der Waals surface area contributed by atoms with Crippen LogP contribution >= 0.6 is 0 Å². The number of carbonyl (C=O) groups is 1. The summed E-state index contributed by atoms with van der Waals surface area (Å²) in [5, 5.41) is 2.85. The van der Waals surface area contributed by atoms with Crippen molar-refractivity contribution >= 4 is 21.6 Å². The molecule has 10 heteroatoms. The van der Waals surface area contributed by atoms with Crippen molar-refractivity contribution in [3.63, 3.8) is 0 Å². The lowest BCUT2D eigenvalue weighted by Crippen LogP contribution is -2.41. The van der Waals surface area contributed by atoms with E-state index in [0.717, 1.165) is 21.1 Å². The molecule has 4 aromatic rings. The van der Waals surface area contributed by atoms with Gasteiger partial charge < -0.3 is 19.4 Å². The van der Waals surface area contributed by atoms with Gasteiger partial charge in [-0.3, -0.25) is 9.10 Å². The molecule has 1 aromatic heterocycles. The number of nitrogens with zero attached hydrogens (tertiary/aromatic N) is 3. The van der Waals surface area contributed by atoms with Gasteiger partial charge in [0.25, 0.3) is 10.0 Å². The zero-order valence-corrected chi connectivity index (χ0v) is 21.6. The molecule has 0 spiro atoms. The van der Waals surface area contributed by atoms with Gasteiger partial charge in [0.1, 0.15) is 18.0 Å². The zero-order valence-electron chi connectivity index (χ0n) is 20.8. The molecule has 0 atom stereocenters. The Morgan fingerprint density at radius 2 is 1.78 bits per heavy atom. The molecule has 37 heavy (non-hydrogen) atoms. The molecule has 0 bridgehead atoms. The number of nitrogens with one attached hydrogen (secondary N) is 1. The maximum atomic E-state index is 13.8. The first-order chi connectivity index (χ1) is 17.8. The van der Waals surface area contributed by atoms with E-state index >= 15 is 0 Å². The van der Waals surface area contributed by atoms with Crippen LogP contribution in [0.2, 0.25) is 0 Å². The summed E-state index contributed by atoms with van der Waals surface area (Å²) in [4.78, 5) is 17.3. The fourth-order valence-corrected chi connectivity index (χ4v) is 5.25. The molecule has 192 valence electrons. The summed E-state index contributed by atoms with van der Waals surface area (Å²) in [6.07, 6.45) is 5.15. The van der Waals surface area contributed by atoms with Gasteiger partial charge in [-0.2, -0.15) is 0 Å². The Morgan fingerprint density at radius 3 is 2.46 bits per heavy atom. The monoisotopic (exact) mass is 520 g/mol. The Hall–Kier alpha value is -4.31. The average Bonchev–Trinajstić information content (AvgIpc) is 3.45. The summed E-state index contributed by atoms with van der Waals surface area (Å²) in [5.41, 5.74) is 2.81. The fraction of sp³-hybridized carbons (Fsp3) is 0.185. The predicted octanol–water partition coefficient (Wildman–Crippen LogP) is 3.71. The highest BCUT2D eigenvalue weighted by atomic mass is 32.2. The van der Waals surface area contributed by atoms with E-state index < -0.39 is 22.5 Å². The van der Waals surface area contributed by atoms with Gasteiger partial charge in [0.15, 0.2) is 0 Å². The lowest BCUT2D eigenvalue weighted by Gasteiger charge is -2.26. The molecule has 0 saturated carbocycles. The van der Waals surface area contributed by atoms with Crippen molar-refractivity contribution in [3.05, 3.63) is 96.6 Å². The molecule has 0 aliphatic carbocycles.